The van der Waals surface area contributed by atoms with Gasteiger partial charge in [-0.15, -0.1) is 0 Å². The van der Waals surface area contributed by atoms with Crippen LogP contribution in [0.1, 0.15) is 22.3 Å². The molecule has 0 radical (unpaired) electrons. The van der Waals surface area contributed by atoms with Crippen LogP contribution < -0.4 is 26.1 Å². The number of hydrogen-bond donors (Lipinski definition) is 0. The zero-order chi connectivity index (χ0) is 25.1. The van der Waals surface area contributed by atoms with Gasteiger partial charge in [-0.2, -0.15) is 0 Å². The maximum atomic E-state index is 2.43. The molecule has 0 aliphatic carbocycles. The molecule has 36 heavy (non-hydrogen) atoms. The normalized spacial score (nSPS) is 11.3. The topological polar surface area (TPSA) is 0 Å². The molecule has 5 aromatic carbocycles. The van der Waals surface area contributed by atoms with Crippen molar-refractivity contribution >= 4 is 55.4 Å². The molecule has 0 atom stereocenters. The molecule has 0 aliphatic rings. The van der Waals surface area contributed by atoms with E-state index >= 15 is 0 Å². The van der Waals surface area contributed by atoms with Crippen molar-refractivity contribution in [3.05, 3.63) is 144 Å². The Labute approximate surface area is 225 Å². The Morgan fingerprint density at radius 3 is 0.750 bits per heavy atom. The van der Waals surface area contributed by atoms with E-state index in [1.54, 1.807) is 8.70 Å². The van der Waals surface area contributed by atoms with Crippen LogP contribution in [-0.4, -0.2) is 29.3 Å². The van der Waals surface area contributed by atoms with Crippen LogP contribution in [0.15, 0.2) is 121 Å². The molecule has 5 rings (SSSR count). The van der Waals surface area contributed by atoms with Crippen molar-refractivity contribution in [2.24, 2.45) is 0 Å². The summed E-state index contributed by atoms with van der Waals surface area (Å²) < 4.78 is 9.10. The molecular formula is C34H32As2. The molecule has 0 bridgehead atoms. The molecule has 0 N–H and O–H groups in total. The number of rotatable bonds is 6. The maximum absolute atomic E-state index is 2.43. The standard InChI is InChI=1S/C34H32As2/c1-25-9-17-29(18-10-25)35(30-19-11-26(2)12-20-30)33-7-5-6-8-34(33)36(31-21-13-27(3)14-22-31)32-23-15-28(4)16-24-32/h5-24H,1-4H3. The Hall–Kier alpha value is -2.78. The quantitative estimate of drug-likeness (QED) is 0.263. The van der Waals surface area contributed by atoms with Gasteiger partial charge in [-0.05, 0) is 0 Å². The van der Waals surface area contributed by atoms with Crippen LogP contribution in [-0.2, 0) is 0 Å². The molecule has 0 saturated carbocycles. The second-order valence-electron chi connectivity index (χ2n) is 9.50. The predicted octanol–water partition coefficient (Wildman–Crippen LogP) is 3.95. The fourth-order valence-corrected chi connectivity index (χ4v) is 16.3. The van der Waals surface area contributed by atoms with E-state index in [1.165, 1.54) is 39.7 Å². The average Bonchev–Trinajstić information content (AvgIpc) is 2.90. The van der Waals surface area contributed by atoms with Gasteiger partial charge in [-0.25, -0.2) is 0 Å². The first kappa shape index (κ1) is 24.9. The fourth-order valence-electron chi connectivity index (χ4n) is 4.47. The summed E-state index contributed by atoms with van der Waals surface area (Å²) in [5, 5.41) is 0. The summed E-state index contributed by atoms with van der Waals surface area (Å²) in [5.74, 6) is 0. The van der Waals surface area contributed by atoms with Gasteiger partial charge in [0.05, 0.1) is 0 Å². The third-order valence-corrected chi connectivity index (χ3v) is 17.9. The first-order chi connectivity index (χ1) is 17.5. The fraction of sp³-hybridized carbons (Fsp3) is 0.118. The van der Waals surface area contributed by atoms with Gasteiger partial charge >= 0.3 is 227 Å². The Balaban J connectivity index is 1.74. The molecule has 5 aromatic rings. The molecular weight excluding hydrogens is 558 g/mol. The van der Waals surface area contributed by atoms with Crippen LogP contribution in [0.5, 0.6) is 0 Å². The van der Waals surface area contributed by atoms with Crippen molar-refractivity contribution < 1.29 is 0 Å². The molecule has 0 aliphatic heterocycles. The van der Waals surface area contributed by atoms with Gasteiger partial charge in [0.2, 0.25) is 0 Å². The van der Waals surface area contributed by atoms with E-state index in [9.17, 15) is 0 Å². The first-order valence-corrected chi connectivity index (χ1v) is 18.1. The van der Waals surface area contributed by atoms with Crippen molar-refractivity contribution in [1.82, 2.24) is 0 Å². The number of hydrogen-bond acceptors (Lipinski definition) is 0. The summed E-state index contributed by atoms with van der Waals surface area (Å²) in [7, 11) is 0. The van der Waals surface area contributed by atoms with Gasteiger partial charge in [-0.1, -0.05) is 0 Å². The molecule has 0 nitrogen and oxygen atoms in total. The number of aryl methyl sites for hydroxylation is 4. The predicted molar refractivity (Wildman–Crippen MR) is 160 cm³/mol. The monoisotopic (exact) mass is 590 g/mol. The molecule has 0 fully saturated rings. The molecule has 178 valence electrons. The van der Waals surface area contributed by atoms with Gasteiger partial charge in [0, 0.05) is 0 Å². The van der Waals surface area contributed by atoms with Crippen molar-refractivity contribution in [1.29, 1.82) is 0 Å². The van der Waals surface area contributed by atoms with Crippen LogP contribution in [0.2, 0.25) is 0 Å². The summed E-state index contributed by atoms with van der Waals surface area (Å²) >= 11 is -3.54. The number of benzene rings is 5. The second-order valence-corrected chi connectivity index (χ2v) is 18.7. The van der Waals surface area contributed by atoms with Crippen molar-refractivity contribution in [2.75, 3.05) is 0 Å². The summed E-state index contributed by atoms with van der Waals surface area (Å²) in [6, 6.07) is 46.6. The minimum absolute atomic E-state index is 1.32. The third kappa shape index (κ3) is 5.47. The SMILES string of the molecule is Cc1ccc([As](c2ccc(C)cc2)c2ccccc2[As](c2ccc(C)cc2)c2ccc(C)cc2)cc1. The Morgan fingerprint density at radius 1 is 0.306 bits per heavy atom. The van der Waals surface area contributed by atoms with Gasteiger partial charge < -0.3 is 0 Å². The van der Waals surface area contributed by atoms with Crippen LogP contribution in [0.25, 0.3) is 0 Å². The van der Waals surface area contributed by atoms with E-state index < -0.39 is 29.3 Å². The average molecular weight is 590 g/mol. The van der Waals surface area contributed by atoms with Crippen molar-refractivity contribution in [3.8, 4) is 0 Å². The molecule has 0 saturated heterocycles. The summed E-state index contributed by atoms with van der Waals surface area (Å²) in [6.45, 7) is 8.72. The van der Waals surface area contributed by atoms with Crippen LogP contribution in [0.3, 0.4) is 0 Å². The molecule has 0 unspecified atom stereocenters. The Morgan fingerprint density at radius 2 is 0.528 bits per heavy atom. The van der Waals surface area contributed by atoms with Gasteiger partial charge in [0.25, 0.3) is 0 Å². The third-order valence-electron chi connectivity index (χ3n) is 6.53. The minimum atomic E-state index is -1.77. The van der Waals surface area contributed by atoms with Crippen molar-refractivity contribution in [3.63, 3.8) is 0 Å². The molecule has 0 heterocycles. The van der Waals surface area contributed by atoms with Gasteiger partial charge in [0.1, 0.15) is 0 Å². The molecule has 0 spiro atoms. The summed E-state index contributed by atoms with van der Waals surface area (Å²) in [5.41, 5.74) is 5.27. The zero-order valence-electron chi connectivity index (χ0n) is 21.4. The Kier molecular flexibility index (Phi) is 7.66. The Bertz CT molecular complexity index is 1230. The van der Waals surface area contributed by atoms with Crippen LogP contribution >= 0.6 is 0 Å². The van der Waals surface area contributed by atoms with E-state index in [2.05, 4.69) is 149 Å². The summed E-state index contributed by atoms with van der Waals surface area (Å²) in [4.78, 5) is 0. The zero-order valence-corrected chi connectivity index (χ0v) is 25.2. The van der Waals surface area contributed by atoms with E-state index in [0.29, 0.717) is 0 Å². The van der Waals surface area contributed by atoms with Gasteiger partial charge in [-0.3, -0.25) is 0 Å². The van der Waals surface area contributed by atoms with E-state index in [4.69, 9.17) is 0 Å². The van der Waals surface area contributed by atoms with E-state index in [-0.39, 0.29) is 0 Å². The second kappa shape index (κ2) is 11.1. The molecule has 0 amide bonds. The van der Waals surface area contributed by atoms with Crippen LogP contribution in [0, 0.1) is 27.7 Å². The van der Waals surface area contributed by atoms with E-state index in [1.807, 2.05) is 0 Å². The summed E-state index contributed by atoms with van der Waals surface area (Å²) in [6.07, 6.45) is 0. The van der Waals surface area contributed by atoms with Crippen LogP contribution in [0.4, 0.5) is 0 Å². The van der Waals surface area contributed by atoms with E-state index in [0.717, 1.165) is 0 Å². The molecule has 0 aromatic heterocycles. The van der Waals surface area contributed by atoms with Gasteiger partial charge in [0.15, 0.2) is 0 Å². The first-order valence-electron chi connectivity index (χ1n) is 12.5. The molecule has 2 heteroatoms. The van der Waals surface area contributed by atoms with Crippen molar-refractivity contribution in [2.45, 2.75) is 27.7 Å².